The molecule has 0 amide bonds. The van der Waals surface area contributed by atoms with E-state index in [0.29, 0.717) is 5.92 Å². The first-order chi connectivity index (χ1) is 13.5. The summed E-state index contributed by atoms with van der Waals surface area (Å²) in [6.07, 6.45) is 7.67. The fourth-order valence-electron chi connectivity index (χ4n) is 3.02. The molecule has 2 rings (SSSR count). The van der Waals surface area contributed by atoms with Gasteiger partial charge in [-0.2, -0.15) is 0 Å². The Morgan fingerprint density at radius 2 is 1.96 bits per heavy atom. The third kappa shape index (κ3) is 5.79. The molecule has 0 radical (unpaired) electrons. The van der Waals surface area contributed by atoms with Crippen molar-refractivity contribution in [3.8, 4) is 11.8 Å². The topological polar surface area (TPSA) is 15.3 Å². The van der Waals surface area contributed by atoms with Gasteiger partial charge in [-0.05, 0) is 43.4 Å². The van der Waals surface area contributed by atoms with Gasteiger partial charge in [0.05, 0.1) is 5.70 Å². The molecule has 1 N–H and O–H groups in total. The van der Waals surface area contributed by atoms with Gasteiger partial charge in [0.2, 0.25) is 0 Å². The molecule has 0 unspecified atom stereocenters. The highest BCUT2D eigenvalue weighted by atomic mass is 15.1. The minimum atomic E-state index is 0.601. The van der Waals surface area contributed by atoms with Crippen LogP contribution >= 0.6 is 0 Å². The molecule has 0 aliphatic carbocycles. The zero-order chi connectivity index (χ0) is 20.5. The van der Waals surface area contributed by atoms with Gasteiger partial charge in [-0.3, -0.25) is 0 Å². The Morgan fingerprint density at radius 1 is 1.21 bits per heavy atom. The summed E-state index contributed by atoms with van der Waals surface area (Å²) < 4.78 is 0. The standard InChI is InChI=1S/C26H32N2/c1-7-11-26-23(8-2)16-17-24-12-9-10-13-25(24)19-28(26)22(6)15-14-21(5)27-18-20(3)4/h7-13,20,27H,2,5-6,14-15,18-19H2,1,3-4H3/b11-7-,26-23-. The van der Waals surface area contributed by atoms with Crippen LogP contribution in [0.2, 0.25) is 0 Å². The van der Waals surface area contributed by atoms with Crippen LogP contribution < -0.4 is 5.32 Å². The van der Waals surface area contributed by atoms with Crippen LogP contribution in [0.5, 0.6) is 0 Å². The molecule has 0 aromatic heterocycles. The summed E-state index contributed by atoms with van der Waals surface area (Å²) in [5, 5.41) is 3.42. The number of benzene rings is 1. The van der Waals surface area contributed by atoms with E-state index in [1.165, 1.54) is 5.56 Å². The van der Waals surface area contributed by atoms with Crippen molar-refractivity contribution in [3.63, 3.8) is 0 Å². The lowest BCUT2D eigenvalue weighted by Crippen LogP contribution is -2.24. The maximum absolute atomic E-state index is 4.40. The number of hydrogen-bond donors (Lipinski definition) is 1. The van der Waals surface area contributed by atoms with Gasteiger partial charge >= 0.3 is 0 Å². The summed E-state index contributed by atoms with van der Waals surface area (Å²) in [5.41, 5.74) is 6.34. The molecule has 1 aromatic carbocycles. The third-order valence-electron chi connectivity index (χ3n) is 4.63. The summed E-state index contributed by atoms with van der Waals surface area (Å²) >= 11 is 0. The van der Waals surface area contributed by atoms with Crippen LogP contribution in [-0.4, -0.2) is 11.4 Å². The molecule has 1 aliphatic rings. The predicted octanol–water partition coefficient (Wildman–Crippen LogP) is 5.92. The summed E-state index contributed by atoms with van der Waals surface area (Å²) in [5.74, 6) is 7.19. The Labute approximate surface area is 171 Å². The fourth-order valence-corrected chi connectivity index (χ4v) is 3.02. The molecular formula is C26H32N2. The zero-order valence-corrected chi connectivity index (χ0v) is 17.5. The van der Waals surface area contributed by atoms with Gasteiger partial charge in [-0.15, -0.1) is 0 Å². The van der Waals surface area contributed by atoms with Gasteiger partial charge in [0, 0.05) is 35.6 Å². The molecule has 0 bridgehead atoms. The average molecular weight is 373 g/mol. The fraction of sp³-hybridized carbons (Fsp3) is 0.308. The third-order valence-corrected chi connectivity index (χ3v) is 4.63. The number of rotatable bonds is 9. The highest BCUT2D eigenvalue weighted by Crippen LogP contribution is 2.27. The van der Waals surface area contributed by atoms with Crippen molar-refractivity contribution >= 4 is 0 Å². The quantitative estimate of drug-likeness (QED) is 0.541. The first kappa shape index (κ1) is 21.4. The maximum atomic E-state index is 4.40. The molecule has 0 saturated heterocycles. The van der Waals surface area contributed by atoms with E-state index >= 15 is 0 Å². The van der Waals surface area contributed by atoms with Gasteiger partial charge in [0.1, 0.15) is 0 Å². The van der Waals surface area contributed by atoms with E-state index in [-0.39, 0.29) is 0 Å². The van der Waals surface area contributed by atoms with Crippen molar-refractivity contribution < 1.29 is 0 Å². The van der Waals surface area contributed by atoms with Crippen molar-refractivity contribution in [1.29, 1.82) is 0 Å². The summed E-state index contributed by atoms with van der Waals surface area (Å²) in [7, 11) is 0. The Hall–Kier alpha value is -2.92. The van der Waals surface area contributed by atoms with Gasteiger partial charge in [-0.1, -0.05) is 75.8 Å². The molecular weight excluding hydrogens is 340 g/mol. The lowest BCUT2D eigenvalue weighted by atomic mass is 10.0. The lowest BCUT2D eigenvalue weighted by molar-refractivity contribution is 0.413. The van der Waals surface area contributed by atoms with Gasteiger partial charge in [-0.25, -0.2) is 0 Å². The molecule has 2 nitrogen and oxygen atoms in total. The predicted molar refractivity (Wildman–Crippen MR) is 121 cm³/mol. The second-order valence-electron chi connectivity index (χ2n) is 7.44. The Bertz CT molecular complexity index is 856. The molecule has 0 atom stereocenters. The van der Waals surface area contributed by atoms with E-state index in [1.807, 2.05) is 25.1 Å². The number of allylic oxidation sites excluding steroid dienone is 6. The van der Waals surface area contributed by atoms with Crippen LogP contribution in [0.15, 0.2) is 84.9 Å². The Morgan fingerprint density at radius 3 is 2.64 bits per heavy atom. The summed E-state index contributed by atoms with van der Waals surface area (Å²) in [6.45, 7) is 20.6. The van der Waals surface area contributed by atoms with Crippen LogP contribution in [0.4, 0.5) is 0 Å². The first-order valence-corrected chi connectivity index (χ1v) is 9.92. The van der Waals surface area contributed by atoms with E-state index in [4.69, 9.17) is 0 Å². The second kappa shape index (κ2) is 10.4. The van der Waals surface area contributed by atoms with Crippen molar-refractivity contribution in [1.82, 2.24) is 10.2 Å². The van der Waals surface area contributed by atoms with Crippen molar-refractivity contribution in [3.05, 3.63) is 96.0 Å². The maximum Gasteiger partial charge on any atom is 0.0566 e. The number of nitrogens with one attached hydrogen (secondary N) is 1. The van der Waals surface area contributed by atoms with Crippen LogP contribution in [-0.2, 0) is 6.54 Å². The van der Waals surface area contributed by atoms with E-state index in [2.05, 4.69) is 79.9 Å². The molecule has 1 aliphatic heterocycles. The smallest absolute Gasteiger partial charge is 0.0566 e. The monoisotopic (exact) mass is 372 g/mol. The van der Waals surface area contributed by atoms with E-state index in [9.17, 15) is 0 Å². The highest BCUT2D eigenvalue weighted by Gasteiger charge is 2.17. The van der Waals surface area contributed by atoms with E-state index in [0.717, 1.165) is 54.2 Å². The molecule has 28 heavy (non-hydrogen) atoms. The molecule has 146 valence electrons. The first-order valence-electron chi connectivity index (χ1n) is 9.92. The van der Waals surface area contributed by atoms with Crippen LogP contribution in [0.1, 0.15) is 44.7 Å². The van der Waals surface area contributed by atoms with Crippen LogP contribution in [0.3, 0.4) is 0 Å². The Kier molecular flexibility index (Phi) is 7.96. The molecule has 2 heteroatoms. The highest BCUT2D eigenvalue weighted by molar-refractivity contribution is 5.53. The molecule has 1 heterocycles. The molecule has 0 spiro atoms. The lowest BCUT2D eigenvalue weighted by Gasteiger charge is -2.30. The van der Waals surface area contributed by atoms with Gasteiger partial charge < -0.3 is 10.2 Å². The largest absolute Gasteiger partial charge is 0.389 e. The number of hydrogen-bond acceptors (Lipinski definition) is 2. The normalized spacial score (nSPS) is 16.1. The minimum Gasteiger partial charge on any atom is -0.389 e. The summed E-state index contributed by atoms with van der Waals surface area (Å²) in [6, 6.07) is 8.30. The van der Waals surface area contributed by atoms with Gasteiger partial charge in [0.25, 0.3) is 0 Å². The zero-order valence-electron chi connectivity index (χ0n) is 17.5. The van der Waals surface area contributed by atoms with Crippen molar-refractivity contribution in [2.75, 3.05) is 6.54 Å². The number of fused-ring (bicyclic) bond motifs is 1. The second-order valence-corrected chi connectivity index (χ2v) is 7.44. The van der Waals surface area contributed by atoms with Crippen molar-refractivity contribution in [2.45, 2.75) is 40.2 Å². The SMILES string of the molecule is C=C/C1=C(\C=C/C)N(C(=C)CCC(=C)NCC(C)C)Cc2ccccc2C#C1. The Balaban J connectivity index is 2.29. The molecule has 0 saturated carbocycles. The van der Waals surface area contributed by atoms with E-state index < -0.39 is 0 Å². The van der Waals surface area contributed by atoms with Gasteiger partial charge in [0.15, 0.2) is 0 Å². The van der Waals surface area contributed by atoms with Crippen molar-refractivity contribution in [2.24, 2.45) is 5.92 Å². The minimum absolute atomic E-state index is 0.601. The summed E-state index contributed by atoms with van der Waals surface area (Å²) in [4.78, 5) is 2.26. The average Bonchev–Trinajstić information content (AvgIpc) is 2.67. The van der Waals surface area contributed by atoms with Crippen LogP contribution in [0, 0.1) is 17.8 Å². The molecule has 0 fully saturated rings. The van der Waals surface area contributed by atoms with Crippen LogP contribution in [0.25, 0.3) is 0 Å². The van der Waals surface area contributed by atoms with E-state index in [1.54, 1.807) is 0 Å². The molecule has 1 aromatic rings. The number of nitrogens with zero attached hydrogens (tertiary/aromatic N) is 1.